The lowest BCUT2D eigenvalue weighted by molar-refractivity contribution is 0.197. The molecule has 84 valence electrons. The van der Waals surface area contributed by atoms with Gasteiger partial charge in [0.2, 0.25) is 0 Å². The van der Waals surface area contributed by atoms with Gasteiger partial charge in [0.1, 0.15) is 0 Å². The third-order valence-corrected chi connectivity index (χ3v) is 3.83. The van der Waals surface area contributed by atoms with Gasteiger partial charge >= 0.3 is 6.03 Å². The number of nitrogens with one attached hydrogen (secondary N) is 1. The molecule has 0 saturated heterocycles. The van der Waals surface area contributed by atoms with E-state index in [4.69, 9.17) is 0 Å². The van der Waals surface area contributed by atoms with Crippen LogP contribution < -0.4 is 5.32 Å². The summed E-state index contributed by atoms with van der Waals surface area (Å²) in [5.41, 5.74) is 0. The van der Waals surface area contributed by atoms with Gasteiger partial charge < -0.3 is 10.2 Å². The molecule has 0 aliphatic carbocycles. The van der Waals surface area contributed by atoms with Crippen molar-refractivity contribution < 1.29 is 4.79 Å². The maximum absolute atomic E-state index is 11.6. The number of urea groups is 1. The lowest BCUT2D eigenvalue weighted by atomic mass is 10.3. The van der Waals surface area contributed by atoms with Crippen molar-refractivity contribution in [3.63, 3.8) is 0 Å². The molecule has 0 unspecified atom stereocenters. The summed E-state index contributed by atoms with van der Waals surface area (Å²) in [6, 6.07) is 0.139. The highest BCUT2D eigenvalue weighted by Crippen LogP contribution is 2.19. The molecule has 0 aromatic carbocycles. The number of aromatic nitrogens is 1. The van der Waals surface area contributed by atoms with Gasteiger partial charge in [0, 0.05) is 13.1 Å². The number of halogens is 1. The van der Waals surface area contributed by atoms with E-state index in [0.717, 1.165) is 9.35 Å². The molecule has 6 heteroatoms. The van der Waals surface area contributed by atoms with E-state index in [9.17, 15) is 4.79 Å². The van der Waals surface area contributed by atoms with Gasteiger partial charge in [0.05, 0.1) is 22.1 Å². The van der Waals surface area contributed by atoms with Crippen LogP contribution in [0.4, 0.5) is 4.79 Å². The van der Waals surface area contributed by atoms with Gasteiger partial charge in [-0.15, -0.1) is 0 Å². The second kappa shape index (κ2) is 5.46. The Morgan fingerprint density at radius 3 is 2.87 bits per heavy atom. The fraction of sp³-hybridized carbons (Fsp3) is 0.556. The van der Waals surface area contributed by atoms with Crippen molar-refractivity contribution in [1.82, 2.24) is 14.6 Å². The van der Waals surface area contributed by atoms with Crippen LogP contribution in [0.2, 0.25) is 0 Å². The second-order valence-corrected chi connectivity index (χ2v) is 5.20. The monoisotopic (exact) mass is 291 g/mol. The zero-order valence-corrected chi connectivity index (χ0v) is 11.4. The zero-order chi connectivity index (χ0) is 11.4. The summed E-state index contributed by atoms with van der Waals surface area (Å²) in [7, 11) is 1.78. The smallest absolute Gasteiger partial charge is 0.317 e. The van der Waals surface area contributed by atoms with Gasteiger partial charge in [-0.1, -0.05) is 0 Å². The molecule has 0 saturated carbocycles. The van der Waals surface area contributed by atoms with Gasteiger partial charge in [-0.2, -0.15) is 4.37 Å². The largest absolute Gasteiger partial charge is 0.333 e. The lowest BCUT2D eigenvalue weighted by Crippen LogP contribution is -2.40. The first-order valence-electron chi connectivity index (χ1n) is 4.62. The normalized spacial score (nSPS) is 10.5. The Bertz CT molecular complexity index is 340. The number of hydrogen-bond acceptors (Lipinski definition) is 3. The number of hydrogen-bond donors (Lipinski definition) is 1. The first kappa shape index (κ1) is 12.4. The summed E-state index contributed by atoms with van der Waals surface area (Å²) in [6.07, 6.45) is 1.73. The molecule has 2 amide bonds. The molecule has 1 aromatic heterocycles. The molecule has 0 aliphatic rings. The second-order valence-electron chi connectivity index (χ2n) is 3.46. The van der Waals surface area contributed by atoms with Gasteiger partial charge in [0.25, 0.3) is 0 Å². The van der Waals surface area contributed by atoms with E-state index in [2.05, 4.69) is 25.6 Å². The van der Waals surface area contributed by atoms with E-state index < -0.39 is 0 Å². The van der Waals surface area contributed by atoms with Crippen LogP contribution in [0.15, 0.2) is 10.7 Å². The van der Waals surface area contributed by atoms with Crippen molar-refractivity contribution in [2.45, 2.75) is 26.4 Å². The van der Waals surface area contributed by atoms with E-state index >= 15 is 0 Å². The minimum atomic E-state index is -0.0645. The number of nitrogens with zero attached hydrogens (tertiary/aromatic N) is 2. The molecule has 0 bridgehead atoms. The maximum Gasteiger partial charge on any atom is 0.317 e. The molecule has 0 atom stereocenters. The number of rotatable bonds is 3. The van der Waals surface area contributed by atoms with Crippen LogP contribution in [0.3, 0.4) is 0 Å². The fourth-order valence-electron chi connectivity index (χ4n) is 0.884. The Morgan fingerprint density at radius 1 is 1.73 bits per heavy atom. The molecule has 0 spiro atoms. The predicted octanol–water partition coefficient (Wildman–Crippen LogP) is 2.46. The number of carbonyl (C=O) groups is 1. The SMILES string of the molecule is CC(C)N(C)C(=O)NCc1sncc1Br. The highest BCUT2D eigenvalue weighted by molar-refractivity contribution is 9.10. The standard InChI is InChI=1S/C9H14BrN3OS/c1-6(2)13(3)9(14)11-5-8-7(10)4-12-15-8/h4,6H,5H2,1-3H3,(H,11,14). The summed E-state index contributed by atoms with van der Waals surface area (Å²) in [5, 5.41) is 2.83. The van der Waals surface area contributed by atoms with Crippen molar-refractivity contribution in [2.24, 2.45) is 0 Å². The average molecular weight is 292 g/mol. The van der Waals surface area contributed by atoms with Crippen molar-refractivity contribution in [1.29, 1.82) is 0 Å². The lowest BCUT2D eigenvalue weighted by Gasteiger charge is -2.21. The molecule has 1 aromatic rings. The van der Waals surface area contributed by atoms with Crippen LogP contribution in [0, 0.1) is 0 Å². The van der Waals surface area contributed by atoms with Crippen LogP contribution in [0.1, 0.15) is 18.7 Å². The van der Waals surface area contributed by atoms with Crippen LogP contribution >= 0.6 is 27.5 Å². The zero-order valence-electron chi connectivity index (χ0n) is 8.95. The molecule has 0 aliphatic heterocycles. The summed E-state index contributed by atoms with van der Waals surface area (Å²) in [5.74, 6) is 0. The van der Waals surface area contributed by atoms with E-state index in [1.54, 1.807) is 18.1 Å². The molecule has 1 N–H and O–H groups in total. The van der Waals surface area contributed by atoms with Gasteiger partial charge in [-0.05, 0) is 41.3 Å². The van der Waals surface area contributed by atoms with Crippen molar-refractivity contribution in [2.75, 3.05) is 7.05 Å². The maximum atomic E-state index is 11.6. The number of carbonyl (C=O) groups excluding carboxylic acids is 1. The van der Waals surface area contributed by atoms with Crippen LogP contribution in [-0.4, -0.2) is 28.4 Å². The van der Waals surface area contributed by atoms with Gasteiger partial charge in [-0.25, -0.2) is 4.79 Å². The Balaban J connectivity index is 2.44. The third-order valence-electron chi connectivity index (χ3n) is 2.09. The Kier molecular flexibility index (Phi) is 4.53. The van der Waals surface area contributed by atoms with Crippen molar-refractivity contribution in [3.05, 3.63) is 15.5 Å². The molecule has 1 heterocycles. The highest BCUT2D eigenvalue weighted by atomic mass is 79.9. The van der Waals surface area contributed by atoms with Crippen LogP contribution in [0.25, 0.3) is 0 Å². The Morgan fingerprint density at radius 2 is 2.40 bits per heavy atom. The molecule has 0 radical (unpaired) electrons. The van der Waals surface area contributed by atoms with Gasteiger partial charge in [0.15, 0.2) is 0 Å². The van der Waals surface area contributed by atoms with E-state index in [1.807, 2.05) is 13.8 Å². The topological polar surface area (TPSA) is 45.2 Å². The summed E-state index contributed by atoms with van der Waals surface area (Å²) < 4.78 is 4.95. The minimum absolute atomic E-state index is 0.0645. The third kappa shape index (κ3) is 3.46. The van der Waals surface area contributed by atoms with E-state index in [-0.39, 0.29) is 12.1 Å². The minimum Gasteiger partial charge on any atom is -0.333 e. The van der Waals surface area contributed by atoms with E-state index in [0.29, 0.717) is 6.54 Å². The summed E-state index contributed by atoms with van der Waals surface area (Å²) in [6.45, 7) is 4.46. The van der Waals surface area contributed by atoms with Crippen molar-refractivity contribution >= 4 is 33.5 Å². The quantitative estimate of drug-likeness (QED) is 0.930. The Labute approximate surface area is 102 Å². The summed E-state index contributed by atoms with van der Waals surface area (Å²) in [4.78, 5) is 14.3. The average Bonchev–Trinajstić information content (AvgIpc) is 2.59. The van der Waals surface area contributed by atoms with Crippen molar-refractivity contribution in [3.8, 4) is 0 Å². The highest BCUT2D eigenvalue weighted by Gasteiger charge is 2.12. The van der Waals surface area contributed by atoms with E-state index in [1.165, 1.54) is 11.5 Å². The van der Waals surface area contributed by atoms with Crippen LogP contribution in [-0.2, 0) is 6.54 Å². The molecule has 0 fully saturated rings. The first-order chi connectivity index (χ1) is 7.02. The van der Waals surface area contributed by atoms with Crippen LogP contribution in [0.5, 0.6) is 0 Å². The predicted molar refractivity (Wildman–Crippen MR) is 64.9 cm³/mol. The molecular weight excluding hydrogens is 278 g/mol. The summed E-state index contributed by atoms with van der Waals surface area (Å²) >= 11 is 4.75. The Hall–Kier alpha value is -0.620. The molecule has 4 nitrogen and oxygen atoms in total. The molecular formula is C9H14BrN3OS. The fourth-order valence-corrected chi connectivity index (χ4v) is 2.04. The molecule has 1 rings (SSSR count). The first-order valence-corrected chi connectivity index (χ1v) is 6.18. The number of amides is 2. The van der Waals surface area contributed by atoms with Gasteiger partial charge in [-0.3, -0.25) is 0 Å². The molecule has 15 heavy (non-hydrogen) atoms.